The summed E-state index contributed by atoms with van der Waals surface area (Å²) in [5.41, 5.74) is 3.09. The van der Waals surface area contributed by atoms with E-state index >= 15 is 0 Å². The minimum atomic E-state index is 0.507. The van der Waals surface area contributed by atoms with Gasteiger partial charge >= 0.3 is 0 Å². The van der Waals surface area contributed by atoms with Gasteiger partial charge < -0.3 is 0 Å². The van der Waals surface area contributed by atoms with Crippen molar-refractivity contribution in [2.75, 3.05) is 0 Å². The fourth-order valence-electron chi connectivity index (χ4n) is 2.29. The molecule has 0 aliphatic carbocycles. The van der Waals surface area contributed by atoms with E-state index in [4.69, 9.17) is 0 Å². The quantitative estimate of drug-likeness (QED) is 0.672. The summed E-state index contributed by atoms with van der Waals surface area (Å²) in [6.07, 6.45) is 2.03. The zero-order chi connectivity index (χ0) is 15.7. The largest absolute Gasteiger partial charge is 0.288 e. The molecule has 3 rings (SSSR count). The van der Waals surface area contributed by atoms with Crippen LogP contribution < -0.4 is 0 Å². The van der Waals surface area contributed by atoms with Crippen LogP contribution in [-0.2, 0) is 12.3 Å². The first-order chi connectivity index (χ1) is 10.5. The lowest BCUT2D eigenvalue weighted by molar-refractivity contribution is 0.446. The van der Waals surface area contributed by atoms with E-state index < -0.39 is 0 Å². The number of aromatic nitrogens is 7. The van der Waals surface area contributed by atoms with Gasteiger partial charge in [0.1, 0.15) is 0 Å². The predicted octanol–water partition coefficient (Wildman–Crippen LogP) is 2.28. The fourth-order valence-corrected chi connectivity index (χ4v) is 3.06. The zero-order valence-electron chi connectivity index (χ0n) is 13.2. The van der Waals surface area contributed by atoms with Crippen molar-refractivity contribution in [2.45, 2.75) is 45.1 Å². The van der Waals surface area contributed by atoms with Gasteiger partial charge in [-0.05, 0) is 36.3 Å². The molecule has 8 heteroatoms. The smallest absolute Gasteiger partial charge is 0.234 e. The number of rotatable bonds is 5. The van der Waals surface area contributed by atoms with Crippen molar-refractivity contribution < 1.29 is 0 Å². The molecular formula is C14H19N7S. The Morgan fingerprint density at radius 3 is 2.82 bits per heavy atom. The maximum absolute atomic E-state index is 4.58. The van der Waals surface area contributed by atoms with Gasteiger partial charge in [-0.25, -0.2) is 14.6 Å². The Kier molecular flexibility index (Phi) is 4.10. The predicted molar refractivity (Wildman–Crippen MR) is 84.7 cm³/mol. The summed E-state index contributed by atoms with van der Waals surface area (Å²) in [5, 5.41) is 12.7. The number of hydrogen-bond acceptors (Lipinski definition) is 6. The van der Waals surface area contributed by atoms with E-state index in [-0.39, 0.29) is 0 Å². The van der Waals surface area contributed by atoms with E-state index in [0.29, 0.717) is 5.92 Å². The van der Waals surface area contributed by atoms with Crippen LogP contribution in [0.4, 0.5) is 0 Å². The van der Waals surface area contributed by atoms with Crippen LogP contribution in [0, 0.1) is 19.8 Å². The normalized spacial score (nSPS) is 11.7. The highest BCUT2D eigenvalue weighted by Crippen LogP contribution is 2.20. The van der Waals surface area contributed by atoms with Crippen LogP contribution in [0.15, 0.2) is 17.4 Å². The molecule has 0 N–H and O–H groups in total. The molecule has 0 aromatic carbocycles. The highest BCUT2D eigenvalue weighted by atomic mass is 32.2. The molecule has 3 aromatic heterocycles. The fraction of sp³-hybridized carbons (Fsp3) is 0.500. The van der Waals surface area contributed by atoms with Crippen LogP contribution in [-0.4, -0.2) is 34.6 Å². The highest BCUT2D eigenvalue weighted by molar-refractivity contribution is 7.98. The van der Waals surface area contributed by atoms with Gasteiger partial charge in [0.05, 0.1) is 5.69 Å². The molecule has 0 spiro atoms. The molecule has 0 fully saturated rings. The first-order valence-corrected chi connectivity index (χ1v) is 8.22. The van der Waals surface area contributed by atoms with Crippen molar-refractivity contribution >= 4 is 17.5 Å². The lowest BCUT2D eigenvalue weighted by atomic mass is 10.2. The highest BCUT2D eigenvalue weighted by Gasteiger charge is 2.11. The van der Waals surface area contributed by atoms with Crippen molar-refractivity contribution in [3.8, 4) is 0 Å². The van der Waals surface area contributed by atoms with Gasteiger partial charge in [0.25, 0.3) is 0 Å². The molecular weight excluding hydrogens is 298 g/mol. The molecule has 0 amide bonds. The van der Waals surface area contributed by atoms with Crippen molar-refractivity contribution in [3.63, 3.8) is 0 Å². The number of nitrogens with zero attached hydrogens (tertiary/aromatic N) is 7. The Morgan fingerprint density at radius 2 is 2.05 bits per heavy atom. The monoisotopic (exact) mass is 317 g/mol. The van der Waals surface area contributed by atoms with Gasteiger partial charge in [-0.2, -0.15) is 0 Å². The van der Waals surface area contributed by atoms with E-state index in [1.807, 2.05) is 22.2 Å². The summed E-state index contributed by atoms with van der Waals surface area (Å²) in [5.74, 6) is 1.98. The Balaban J connectivity index is 1.77. The molecule has 0 aliphatic rings. The molecule has 0 saturated carbocycles. The number of aryl methyl sites for hydroxylation is 2. The average molecular weight is 317 g/mol. The van der Waals surface area contributed by atoms with Crippen LogP contribution in [0.2, 0.25) is 0 Å². The molecule has 22 heavy (non-hydrogen) atoms. The Bertz CT molecular complexity index is 790. The van der Waals surface area contributed by atoms with E-state index in [1.165, 1.54) is 0 Å². The van der Waals surface area contributed by atoms with Crippen LogP contribution in [0.5, 0.6) is 0 Å². The lowest BCUT2D eigenvalue weighted by Crippen LogP contribution is -2.07. The average Bonchev–Trinajstić information content (AvgIpc) is 3.02. The maximum Gasteiger partial charge on any atom is 0.234 e. The molecule has 0 aliphatic heterocycles. The Labute approximate surface area is 133 Å². The van der Waals surface area contributed by atoms with Gasteiger partial charge in [0.2, 0.25) is 10.9 Å². The van der Waals surface area contributed by atoms with Crippen molar-refractivity contribution in [2.24, 2.45) is 5.92 Å². The Morgan fingerprint density at radius 1 is 1.23 bits per heavy atom. The third-order valence-electron chi connectivity index (χ3n) is 3.20. The molecule has 0 bridgehead atoms. The van der Waals surface area contributed by atoms with Crippen molar-refractivity contribution in [1.29, 1.82) is 0 Å². The first kappa shape index (κ1) is 15.0. The van der Waals surface area contributed by atoms with Crippen LogP contribution in [0.3, 0.4) is 0 Å². The number of imidazole rings is 1. The molecule has 116 valence electrons. The minimum Gasteiger partial charge on any atom is -0.288 e. The maximum atomic E-state index is 4.58. The summed E-state index contributed by atoms with van der Waals surface area (Å²) in [6.45, 7) is 9.16. The van der Waals surface area contributed by atoms with Crippen LogP contribution in [0.25, 0.3) is 5.78 Å². The lowest BCUT2D eigenvalue weighted by Gasteiger charge is -2.05. The van der Waals surface area contributed by atoms with E-state index in [1.54, 1.807) is 11.8 Å². The Hall–Kier alpha value is -1.96. The minimum absolute atomic E-state index is 0.507. The van der Waals surface area contributed by atoms with Crippen LogP contribution >= 0.6 is 11.8 Å². The number of fused-ring (bicyclic) bond motifs is 1. The van der Waals surface area contributed by atoms with Gasteiger partial charge in [-0.3, -0.25) is 4.40 Å². The summed E-state index contributed by atoms with van der Waals surface area (Å²) < 4.78 is 3.86. The van der Waals surface area contributed by atoms with E-state index in [9.17, 15) is 0 Å². The molecule has 3 aromatic rings. The van der Waals surface area contributed by atoms with E-state index in [2.05, 4.69) is 52.3 Å². The zero-order valence-corrected chi connectivity index (χ0v) is 14.0. The van der Waals surface area contributed by atoms with Gasteiger partial charge in [0.15, 0.2) is 0 Å². The van der Waals surface area contributed by atoms with Gasteiger partial charge in [-0.1, -0.05) is 25.6 Å². The van der Waals surface area contributed by atoms with Crippen LogP contribution in [0.1, 0.15) is 30.9 Å². The van der Waals surface area contributed by atoms with Gasteiger partial charge in [0, 0.05) is 29.9 Å². The van der Waals surface area contributed by atoms with Crippen molar-refractivity contribution in [3.05, 3.63) is 29.3 Å². The van der Waals surface area contributed by atoms with Gasteiger partial charge in [-0.15, -0.1) is 5.10 Å². The molecule has 0 saturated heterocycles. The standard InChI is InChI=1S/C14H19N7S/c1-9(2)6-21-14(17-18-19-21)22-8-12-7-20-11(4)5-10(3)15-13(20)16-12/h5,7,9H,6,8H2,1-4H3. The topological polar surface area (TPSA) is 73.8 Å². The van der Waals surface area contributed by atoms with E-state index in [0.717, 1.165) is 40.3 Å². The van der Waals surface area contributed by atoms with Crippen molar-refractivity contribution in [1.82, 2.24) is 34.6 Å². The SMILES string of the molecule is Cc1cc(C)n2cc(CSc3nnnn3CC(C)C)nc2n1. The third-order valence-corrected chi connectivity index (χ3v) is 4.19. The molecule has 0 unspecified atom stereocenters. The molecule has 7 nitrogen and oxygen atoms in total. The third kappa shape index (κ3) is 3.11. The summed E-state index contributed by atoms with van der Waals surface area (Å²) >= 11 is 1.60. The molecule has 0 radical (unpaired) electrons. The summed E-state index contributed by atoms with van der Waals surface area (Å²) in [7, 11) is 0. The first-order valence-electron chi connectivity index (χ1n) is 7.24. The molecule has 0 atom stereocenters. The number of thioether (sulfide) groups is 1. The summed E-state index contributed by atoms with van der Waals surface area (Å²) in [4.78, 5) is 9.03. The summed E-state index contributed by atoms with van der Waals surface area (Å²) in [6, 6.07) is 2.05. The number of hydrogen-bond donors (Lipinski definition) is 0. The number of tetrazole rings is 1. The second-order valence-electron chi connectivity index (χ2n) is 5.77. The second-order valence-corrected chi connectivity index (χ2v) is 6.71. The second kappa shape index (κ2) is 6.04. The molecule has 3 heterocycles.